The Labute approximate surface area is 93.2 Å². The van der Waals surface area contributed by atoms with Gasteiger partial charge in [-0.3, -0.25) is 4.90 Å². The van der Waals surface area contributed by atoms with Gasteiger partial charge in [0.25, 0.3) is 0 Å². The number of methoxy groups -OCH3 is 1. The normalized spacial score (nSPS) is 28.6. The van der Waals surface area contributed by atoms with Crippen LogP contribution in [0, 0.1) is 5.92 Å². The number of nitrogens with one attached hydrogen (secondary N) is 1. The van der Waals surface area contributed by atoms with E-state index in [1.807, 2.05) is 7.11 Å². The average molecular weight is 212 g/mol. The number of nitrogens with zero attached hydrogens (tertiary/aromatic N) is 1. The SMILES string of the molecule is COCC(C1CC1)N(C)CC1CCCN1. The molecule has 88 valence electrons. The second kappa shape index (κ2) is 5.28. The highest BCUT2D eigenvalue weighted by Gasteiger charge is 2.34. The summed E-state index contributed by atoms with van der Waals surface area (Å²) in [5.41, 5.74) is 0. The zero-order valence-corrected chi connectivity index (χ0v) is 10.0. The maximum Gasteiger partial charge on any atom is 0.0620 e. The molecule has 1 saturated carbocycles. The molecule has 1 heterocycles. The van der Waals surface area contributed by atoms with Crippen molar-refractivity contribution in [1.82, 2.24) is 10.2 Å². The highest BCUT2D eigenvalue weighted by molar-refractivity contribution is 4.89. The van der Waals surface area contributed by atoms with Gasteiger partial charge in [0.1, 0.15) is 0 Å². The van der Waals surface area contributed by atoms with E-state index in [-0.39, 0.29) is 0 Å². The van der Waals surface area contributed by atoms with E-state index in [1.165, 1.54) is 38.8 Å². The fraction of sp³-hybridized carbons (Fsp3) is 1.00. The summed E-state index contributed by atoms with van der Waals surface area (Å²) in [6.07, 6.45) is 5.48. The van der Waals surface area contributed by atoms with Crippen LogP contribution in [0.5, 0.6) is 0 Å². The lowest BCUT2D eigenvalue weighted by Crippen LogP contribution is -2.44. The minimum absolute atomic E-state index is 0.650. The number of ether oxygens (including phenoxy) is 1. The summed E-state index contributed by atoms with van der Waals surface area (Å²) in [6.45, 7) is 3.29. The van der Waals surface area contributed by atoms with Crippen LogP contribution in [0.15, 0.2) is 0 Å². The number of hydrogen-bond donors (Lipinski definition) is 1. The highest BCUT2D eigenvalue weighted by atomic mass is 16.5. The van der Waals surface area contributed by atoms with Gasteiger partial charge in [-0.15, -0.1) is 0 Å². The van der Waals surface area contributed by atoms with Crippen molar-refractivity contribution in [1.29, 1.82) is 0 Å². The van der Waals surface area contributed by atoms with Gasteiger partial charge in [0.2, 0.25) is 0 Å². The first kappa shape index (κ1) is 11.4. The Morgan fingerprint density at radius 2 is 2.20 bits per heavy atom. The standard InChI is InChI=1S/C12H24N2O/c1-14(8-11-4-3-7-13-11)12(9-15-2)10-5-6-10/h10-13H,3-9H2,1-2H3. The van der Waals surface area contributed by atoms with Crippen LogP contribution in [0.1, 0.15) is 25.7 Å². The van der Waals surface area contributed by atoms with E-state index in [4.69, 9.17) is 4.74 Å². The molecule has 0 amide bonds. The van der Waals surface area contributed by atoms with Gasteiger partial charge in [0.05, 0.1) is 6.61 Å². The molecule has 0 aromatic heterocycles. The minimum atomic E-state index is 0.650. The fourth-order valence-corrected chi connectivity index (χ4v) is 2.67. The molecule has 2 unspecified atom stereocenters. The molecule has 0 spiro atoms. The van der Waals surface area contributed by atoms with Gasteiger partial charge in [-0.25, -0.2) is 0 Å². The van der Waals surface area contributed by atoms with Gasteiger partial charge in [0, 0.05) is 25.7 Å². The summed E-state index contributed by atoms with van der Waals surface area (Å²) in [4.78, 5) is 2.50. The Morgan fingerprint density at radius 1 is 1.40 bits per heavy atom. The summed E-state index contributed by atoms with van der Waals surface area (Å²) < 4.78 is 5.33. The molecule has 2 rings (SSSR count). The first-order chi connectivity index (χ1) is 7.31. The van der Waals surface area contributed by atoms with Crippen molar-refractivity contribution in [2.75, 3.05) is 33.9 Å². The predicted octanol–water partition coefficient (Wildman–Crippen LogP) is 1.10. The Bertz CT molecular complexity index is 188. The van der Waals surface area contributed by atoms with Crippen LogP contribution in [0.3, 0.4) is 0 Å². The first-order valence-corrected chi connectivity index (χ1v) is 6.24. The second-order valence-corrected chi connectivity index (χ2v) is 5.09. The van der Waals surface area contributed by atoms with Crippen molar-refractivity contribution < 1.29 is 4.74 Å². The molecular formula is C12H24N2O. The van der Waals surface area contributed by atoms with Crippen LogP contribution >= 0.6 is 0 Å². The van der Waals surface area contributed by atoms with E-state index < -0.39 is 0 Å². The van der Waals surface area contributed by atoms with E-state index in [0.29, 0.717) is 12.1 Å². The highest BCUT2D eigenvalue weighted by Crippen LogP contribution is 2.35. The van der Waals surface area contributed by atoms with Crippen molar-refractivity contribution in [3.8, 4) is 0 Å². The summed E-state index contributed by atoms with van der Waals surface area (Å²) in [7, 11) is 4.07. The third kappa shape index (κ3) is 3.16. The monoisotopic (exact) mass is 212 g/mol. The van der Waals surface area contributed by atoms with Gasteiger partial charge in [-0.2, -0.15) is 0 Å². The van der Waals surface area contributed by atoms with Crippen molar-refractivity contribution in [2.45, 2.75) is 37.8 Å². The summed E-state index contributed by atoms with van der Waals surface area (Å²) in [5.74, 6) is 0.899. The maximum absolute atomic E-state index is 5.33. The molecule has 2 aliphatic rings. The van der Waals surface area contributed by atoms with Crippen molar-refractivity contribution >= 4 is 0 Å². The summed E-state index contributed by atoms with van der Waals surface area (Å²) >= 11 is 0. The molecule has 0 radical (unpaired) electrons. The number of hydrogen-bond acceptors (Lipinski definition) is 3. The van der Waals surface area contributed by atoms with E-state index in [2.05, 4.69) is 17.3 Å². The Balaban J connectivity index is 1.77. The average Bonchev–Trinajstić information content (AvgIpc) is 2.93. The van der Waals surface area contributed by atoms with E-state index in [0.717, 1.165) is 12.5 Å². The lowest BCUT2D eigenvalue weighted by molar-refractivity contribution is 0.0891. The topological polar surface area (TPSA) is 24.5 Å². The van der Waals surface area contributed by atoms with Gasteiger partial charge in [-0.1, -0.05) is 0 Å². The third-order valence-corrected chi connectivity index (χ3v) is 3.74. The first-order valence-electron chi connectivity index (χ1n) is 6.24. The zero-order valence-electron chi connectivity index (χ0n) is 10.0. The molecule has 1 saturated heterocycles. The Hall–Kier alpha value is -0.120. The number of likely N-dealkylation sites (N-methyl/N-ethyl adjacent to an activating group) is 1. The molecule has 2 atom stereocenters. The minimum Gasteiger partial charge on any atom is -0.383 e. The van der Waals surface area contributed by atoms with Gasteiger partial charge < -0.3 is 10.1 Å². The molecule has 3 heteroatoms. The van der Waals surface area contributed by atoms with E-state index >= 15 is 0 Å². The van der Waals surface area contributed by atoms with Crippen LogP contribution in [-0.4, -0.2) is 50.8 Å². The van der Waals surface area contributed by atoms with Crippen LogP contribution < -0.4 is 5.32 Å². The molecule has 1 aliphatic heterocycles. The quantitative estimate of drug-likeness (QED) is 0.713. The molecule has 15 heavy (non-hydrogen) atoms. The molecule has 1 aliphatic carbocycles. The van der Waals surface area contributed by atoms with Crippen molar-refractivity contribution in [3.63, 3.8) is 0 Å². The van der Waals surface area contributed by atoms with Gasteiger partial charge in [-0.05, 0) is 45.2 Å². The van der Waals surface area contributed by atoms with Gasteiger partial charge >= 0.3 is 0 Å². The van der Waals surface area contributed by atoms with Crippen molar-refractivity contribution in [3.05, 3.63) is 0 Å². The van der Waals surface area contributed by atoms with E-state index in [1.54, 1.807) is 0 Å². The lowest BCUT2D eigenvalue weighted by Gasteiger charge is -2.29. The smallest absolute Gasteiger partial charge is 0.0620 e. The van der Waals surface area contributed by atoms with Gasteiger partial charge in [0.15, 0.2) is 0 Å². The summed E-state index contributed by atoms with van der Waals surface area (Å²) in [5, 5.41) is 3.56. The Kier molecular flexibility index (Phi) is 4.00. The van der Waals surface area contributed by atoms with Crippen molar-refractivity contribution in [2.24, 2.45) is 5.92 Å². The molecule has 2 fully saturated rings. The van der Waals surface area contributed by atoms with Crippen LogP contribution in [0.4, 0.5) is 0 Å². The second-order valence-electron chi connectivity index (χ2n) is 5.09. The van der Waals surface area contributed by atoms with Crippen LogP contribution in [0.25, 0.3) is 0 Å². The molecule has 1 N–H and O–H groups in total. The lowest BCUT2D eigenvalue weighted by atomic mass is 10.1. The van der Waals surface area contributed by atoms with Crippen LogP contribution in [-0.2, 0) is 4.74 Å². The Morgan fingerprint density at radius 3 is 2.73 bits per heavy atom. The van der Waals surface area contributed by atoms with E-state index in [9.17, 15) is 0 Å². The molecule has 0 aromatic rings. The maximum atomic E-state index is 5.33. The van der Waals surface area contributed by atoms with Crippen LogP contribution in [0.2, 0.25) is 0 Å². The molecule has 0 aromatic carbocycles. The summed E-state index contributed by atoms with van der Waals surface area (Å²) in [6, 6.07) is 1.37. The number of rotatable bonds is 6. The molecular weight excluding hydrogens is 188 g/mol. The molecule has 0 bridgehead atoms. The largest absolute Gasteiger partial charge is 0.383 e. The molecule has 3 nitrogen and oxygen atoms in total. The zero-order chi connectivity index (χ0) is 10.7. The predicted molar refractivity (Wildman–Crippen MR) is 62.0 cm³/mol. The fourth-order valence-electron chi connectivity index (χ4n) is 2.67. The third-order valence-electron chi connectivity index (χ3n) is 3.74.